The van der Waals surface area contributed by atoms with E-state index in [2.05, 4.69) is 11.3 Å². The molecule has 2 aliphatic heterocycles. The van der Waals surface area contributed by atoms with Gasteiger partial charge in [-0.05, 0) is 58.1 Å². The quantitative estimate of drug-likeness (QED) is 0.215. The summed E-state index contributed by atoms with van der Waals surface area (Å²) in [6.45, 7) is 8.36. The minimum atomic E-state index is -3.39. The minimum absolute atomic E-state index is 0.158. The molecule has 2 N–H and O–H groups in total. The summed E-state index contributed by atoms with van der Waals surface area (Å²) in [6.07, 6.45) is 0.793. The second-order valence-electron chi connectivity index (χ2n) is 9.57. The molecule has 1 aliphatic carbocycles. The molecular weight excluding hydrogens is 483 g/mol. The topological polar surface area (TPSA) is 132 Å². The lowest BCUT2D eigenvalue weighted by molar-refractivity contribution is -0.187. The van der Waals surface area contributed by atoms with Crippen molar-refractivity contribution >= 4 is 22.4 Å². The van der Waals surface area contributed by atoms with Gasteiger partial charge in [0.25, 0.3) is 0 Å². The summed E-state index contributed by atoms with van der Waals surface area (Å²) in [5.41, 5.74) is 5.18. The molecule has 4 rings (SSSR count). The molecule has 2 saturated heterocycles. The molecule has 3 fully saturated rings. The van der Waals surface area contributed by atoms with Crippen LogP contribution >= 0.6 is 0 Å². The molecule has 35 heavy (non-hydrogen) atoms. The van der Waals surface area contributed by atoms with Crippen molar-refractivity contribution in [2.75, 3.05) is 26.4 Å². The van der Waals surface area contributed by atoms with Crippen molar-refractivity contribution < 1.29 is 46.6 Å². The van der Waals surface area contributed by atoms with Gasteiger partial charge >= 0.3 is 7.12 Å². The predicted molar refractivity (Wildman–Crippen MR) is 122 cm³/mol. The van der Waals surface area contributed by atoms with Gasteiger partial charge in [0.1, 0.15) is 12.2 Å². The molecule has 2 unspecified atom stereocenters. The fourth-order valence-corrected chi connectivity index (χ4v) is 5.38. The molecule has 1 aromatic rings. The maximum absolute atomic E-state index is 12.7. The first-order valence-electron chi connectivity index (χ1n) is 11.6. The monoisotopic (exact) mass is 516 g/mol. The van der Waals surface area contributed by atoms with Crippen molar-refractivity contribution in [2.45, 2.75) is 74.5 Å². The van der Waals surface area contributed by atoms with Crippen LogP contribution in [0.5, 0.6) is 0 Å². The predicted octanol–water partition coefficient (Wildman–Crippen LogP) is 0.527. The van der Waals surface area contributed by atoms with E-state index in [-0.39, 0.29) is 35.6 Å². The third-order valence-electron chi connectivity index (χ3n) is 5.52. The summed E-state index contributed by atoms with van der Waals surface area (Å²) in [5.74, 6) is -1.34. The molecule has 0 radical (unpaired) electrons. The van der Waals surface area contributed by atoms with Gasteiger partial charge in [-0.1, -0.05) is 23.4 Å². The van der Waals surface area contributed by atoms with Crippen molar-refractivity contribution in [3.05, 3.63) is 24.3 Å². The van der Waals surface area contributed by atoms with Crippen LogP contribution in [0.4, 0.5) is 0 Å². The number of sulfone groups is 1. The Kier molecular flexibility index (Phi) is 8.50. The molecule has 0 amide bonds. The molecule has 3 aliphatic rings. The molecule has 0 spiro atoms. The summed E-state index contributed by atoms with van der Waals surface area (Å²) in [6, 6.07) is 6.37. The second-order valence-corrected chi connectivity index (χ2v) is 11.8. The van der Waals surface area contributed by atoms with Gasteiger partial charge in [0.05, 0.1) is 36.6 Å². The Labute approximate surface area is 205 Å². The van der Waals surface area contributed by atoms with Gasteiger partial charge in [-0.2, -0.15) is 0 Å². The first-order valence-corrected chi connectivity index (χ1v) is 13.1. The van der Waals surface area contributed by atoms with Crippen LogP contribution in [0.3, 0.4) is 0 Å². The Morgan fingerprint density at radius 2 is 1.49 bits per heavy atom. The maximum Gasteiger partial charge on any atom is 0.531 e. The Morgan fingerprint density at radius 1 is 0.943 bits per heavy atom. The molecule has 2 atom stereocenters. The SMILES string of the molecule is CC1(C)OCC(CONOB(ONOCC2COC(C)(C)O2)c2cccc(S(=O)(=O)C3CC3)c2)O1. The van der Waals surface area contributed by atoms with E-state index >= 15 is 0 Å². The highest BCUT2D eigenvalue weighted by atomic mass is 32.2. The zero-order valence-corrected chi connectivity index (χ0v) is 21.2. The van der Waals surface area contributed by atoms with Crippen molar-refractivity contribution in [2.24, 2.45) is 0 Å². The van der Waals surface area contributed by atoms with E-state index in [4.69, 9.17) is 38.1 Å². The average Bonchev–Trinajstić information content (AvgIpc) is 3.53. The highest BCUT2D eigenvalue weighted by molar-refractivity contribution is 7.92. The Hall–Kier alpha value is -1.17. The highest BCUT2D eigenvalue weighted by Gasteiger charge is 2.38. The third kappa shape index (κ3) is 7.66. The second kappa shape index (κ2) is 11.1. The van der Waals surface area contributed by atoms with Crippen LogP contribution in [0.15, 0.2) is 29.2 Å². The first kappa shape index (κ1) is 26.9. The van der Waals surface area contributed by atoms with Crippen LogP contribution in [-0.2, 0) is 48.0 Å². The molecule has 2 heterocycles. The number of rotatable bonds is 13. The molecular formula is C21H33BN2O10S. The number of nitrogens with one attached hydrogen (secondary N) is 2. The lowest BCUT2D eigenvalue weighted by Gasteiger charge is -2.19. The van der Waals surface area contributed by atoms with E-state index in [0.29, 0.717) is 31.5 Å². The largest absolute Gasteiger partial charge is 0.531 e. The van der Waals surface area contributed by atoms with Gasteiger partial charge < -0.3 is 18.9 Å². The van der Waals surface area contributed by atoms with Gasteiger partial charge in [0.15, 0.2) is 21.4 Å². The molecule has 196 valence electrons. The smallest absolute Gasteiger partial charge is 0.348 e. The maximum atomic E-state index is 12.7. The zero-order valence-electron chi connectivity index (χ0n) is 20.4. The van der Waals surface area contributed by atoms with Crippen LogP contribution in [0, 0.1) is 0 Å². The fourth-order valence-electron chi connectivity index (χ4n) is 3.67. The van der Waals surface area contributed by atoms with Gasteiger partial charge in [-0.25, -0.2) is 8.42 Å². The van der Waals surface area contributed by atoms with E-state index in [1.807, 2.05) is 27.7 Å². The van der Waals surface area contributed by atoms with E-state index in [9.17, 15) is 8.42 Å². The van der Waals surface area contributed by atoms with Crippen LogP contribution in [0.1, 0.15) is 40.5 Å². The summed E-state index contributed by atoms with van der Waals surface area (Å²) in [5, 5.41) is -0.336. The van der Waals surface area contributed by atoms with Crippen LogP contribution in [-0.4, -0.2) is 71.0 Å². The van der Waals surface area contributed by atoms with Crippen molar-refractivity contribution in [1.29, 1.82) is 0 Å². The Morgan fingerprint density at radius 3 is 1.94 bits per heavy atom. The van der Waals surface area contributed by atoms with Gasteiger partial charge in [-0.3, -0.25) is 19.2 Å². The van der Waals surface area contributed by atoms with Crippen molar-refractivity contribution in [3.8, 4) is 0 Å². The highest BCUT2D eigenvalue weighted by Crippen LogP contribution is 2.33. The van der Waals surface area contributed by atoms with Gasteiger partial charge in [0, 0.05) is 0 Å². The number of hydrogen-bond acceptors (Lipinski definition) is 12. The zero-order chi connectivity index (χ0) is 25.1. The standard InChI is InChI=1S/C21H33BN2O10S/c1-20(2)27-11-16(31-20)13-29-23-33-22(34-24-30-14-17-12-28-21(3,4)32-17)15-6-5-7-19(10-15)35(25,26)18-8-9-18/h5-7,10,16-18,23-24H,8-9,11-14H2,1-4H3. The van der Waals surface area contributed by atoms with E-state index in [1.165, 1.54) is 6.07 Å². The lowest BCUT2D eigenvalue weighted by atomic mass is 9.80. The van der Waals surface area contributed by atoms with Gasteiger partial charge in [-0.15, -0.1) is 0 Å². The molecule has 14 heteroatoms. The van der Waals surface area contributed by atoms with Crippen LogP contribution in [0.25, 0.3) is 0 Å². The van der Waals surface area contributed by atoms with Crippen LogP contribution in [0.2, 0.25) is 0 Å². The molecule has 0 bridgehead atoms. The summed E-state index contributed by atoms with van der Waals surface area (Å²) in [4.78, 5) is 10.9. The van der Waals surface area contributed by atoms with Gasteiger partial charge in [0.2, 0.25) is 0 Å². The summed E-state index contributed by atoms with van der Waals surface area (Å²) in [7, 11) is -4.50. The number of ether oxygens (including phenoxy) is 4. The third-order valence-corrected chi connectivity index (χ3v) is 7.78. The Balaban J connectivity index is 1.32. The number of hydrogen-bond donors (Lipinski definition) is 2. The van der Waals surface area contributed by atoms with E-state index in [0.717, 1.165) is 0 Å². The molecule has 1 saturated carbocycles. The average molecular weight is 516 g/mol. The molecule has 12 nitrogen and oxygen atoms in total. The fraction of sp³-hybridized carbons (Fsp3) is 0.714. The molecule has 0 aromatic heterocycles. The van der Waals surface area contributed by atoms with Crippen LogP contribution < -0.4 is 16.7 Å². The number of benzene rings is 1. The minimum Gasteiger partial charge on any atom is -0.348 e. The summed E-state index contributed by atoms with van der Waals surface area (Å²) >= 11 is 0. The Bertz CT molecular complexity index is 925. The first-order chi connectivity index (χ1) is 16.5. The molecule has 1 aromatic carbocycles. The van der Waals surface area contributed by atoms with E-state index < -0.39 is 28.5 Å². The lowest BCUT2D eigenvalue weighted by Crippen LogP contribution is -2.46. The van der Waals surface area contributed by atoms with E-state index in [1.54, 1.807) is 18.2 Å². The summed E-state index contributed by atoms with van der Waals surface area (Å²) < 4.78 is 58.7. The van der Waals surface area contributed by atoms with Crippen molar-refractivity contribution in [1.82, 2.24) is 11.3 Å². The van der Waals surface area contributed by atoms with Crippen molar-refractivity contribution in [3.63, 3.8) is 0 Å². The normalized spacial score (nSPS) is 25.7.